The lowest BCUT2D eigenvalue weighted by Gasteiger charge is -2.11. The molecule has 1 rings (SSSR count). The summed E-state index contributed by atoms with van der Waals surface area (Å²) in [6, 6.07) is 0. The van der Waals surface area contributed by atoms with Gasteiger partial charge in [-0.25, -0.2) is 0 Å². The minimum absolute atomic E-state index is 0.0290. The van der Waals surface area contributed by atoms with E-state index in [4.69, 9.17) is 0 Å². The van der Waals surface area contributed by atoms with Crippen molar-refractivity contribution in [1.82, 2.24) is 0 Å². The van der Waals surface area contributed by atoms with E-state index in [1.165, 1.54) is 13.8 Å². The molecule has 0 aromatic rings. The molecular weight excluding hydrogens is 253 g/mol. The van der Waals surface area contributed by atoms with E-state index >= 15 is 0 Å². The van der Waals surface area contributed by atoms with E-state index in [1.54, 1.807) is 0 Å². The van der Waals surface area contributed by atoms with E-state index in [0.717, 1.165) is 6.92 Å². The Labute approximate surface area is 102 Å². The molecule has 3 atom stereocenters. The summed E-state index contributed by atoms with van der Waals surface area (Å²) >= 11 is 0. The van der Waals surface area contributed by atoms with Crippen LogP contribution in [-0.2, 0) is 19.1 Å². The first kappa shape index (κ1) is 14.8. The second kappa shape index (κ2) is 4.78. The van der Waals surface area contributed by atoms with Crippen molar-refractivity contribution in [3.63, 3.8) is 0 Å². The van der Waals surface area contributed by atoms with Gasteiger partial charge in [-0.2, -0.15) is 13.2 Å². The number of alkyl halides is 3. The van der Waals surface area contributed by atoms with Crippen LogP contribution < -0.4 is 0 Å². The molecule has 4 nitrogen and oxygen atoms in total. The summed E-state index contributed by atoms with van der Waals surface area (Å²) in [6.07, 6.45) is -4.63. The maximum Gasteiger partial charge on any atom is 0.393 e. The van der Waals surface area contributed by atoms with Crippen LogP contribution in [0, 0.1) is 17.3 Å². The van der Waals surface area contributed by atoms with Crippen molar-refractivity contribution in [2.24, 2.45) is 17.3 Å². The molecule has 0 aromatic carbocycles. The molecule has 0 spiro atoms. The Morgan fingerprint density at radius 3 is 2.06 bits per heavy atom. The van der Waals surface area contributed by atoms with Crippen LogP contribution >= 0.6 is 0 Å². The van der Waals surface area contributed by atoms with Crippen LogP contribution in [0.2, 0.25) is 0 Å². The third kappa shape index (κ3) is 2.30. The van der Waals surface area contributed by atoms with Gasteiger partial charge in [0.1, 0.15) is 0 Å². The molecule has 104 valence electrons. The first-order chi connectivity index (χ1) is 8.21. The molecule has 1 fully saturated rings. The molecular formula is C11H15F3O4. The molecule has 0 heterocycles. The van der Waals surface area contributed by atoms with Gasteiger partial charge in [0.05, 0.1) is 30.5 Å². The third-order valence-corrected chi connectivity index (χ3v) is 3.12. The highest BCUT2D eigenvalue weighted by atomic mass is 19.4. The fourth-order valence-corrected chi connectivity index (χ4v) is 2.20. The number of carbonyl (C=O) groups excluding carboxylic acids is 2. The van der Waals surface area contributed by atoms with E-state index in [2.05, 4.69) is 9.47 Å². The number of halogens is 3. The predicted molar refractivity (Wildman–Crippen MR) is 54.4 cm³/mol. The number of esters is 2. The Bertz CT molecular complexity index is 353. The summed E-state index contributed by atoms with van der Waals surface area (Å²) in [4.78, 5) is 23.0. The minimum Gasteiger partial charge on any atom is -0.466 e. The maximum absolute atomic E-state index is 12.8. The molecule has 0 aromatic heterocycles. The van der Waals surface area contributed by atoms with Crippen molar-refractivity contribution in [2.45, 2.75) is 26.9 Å². The highest BCUT2D eigenvalue weighted by molar-refractivity contribution is 5.92. The second-order valence-electron chi connectivity index (χ2n) is 4.25. The van der Waals surface area contributed by atoms with Gasteiger partial charge in [-0.1, -0.05) is 0 Å². The fourth-order valence-electron chi connectivity index (χ4n) is 2.20. The fraction of sp³-hybridized carbons (Fsp3) is 0.818. The normalized spacial score (nSPS) is 30.8. The van der Waals surface area contributed by atoms with Gasteiger partial charge in [0, 0.05) is 0 Å². The Hall–Kier alpha value is -1.27. The van der Waals surface area contributed by atoms with Gasteiger partial charge >= 0.3 is 18.1 Å². The van der Waals surface area contributed by atoms with Crippen molar-refractivity contribution in [3.05, 3.63) is 0 Å². The number of hydrogen-bond acceptors (Lipinski definition) is 4. The monoisotopic (exact) mass is 268 g/mol. The molecule has 0 amide bonds. The zero-order chi connectivity index (χ0) is 14.1. The number of hydrogen-bond donors (Lipinski definition) is 0. The van der Waals surface area contributed by atoms with Crippen molar-refractivity contribution < 1.29 is 32.2 Å². The summed E-state index contributed by atoms with van der Waals surface area (Å²) in [5, 5.41) is 0. The number of ether oxygens (including phenoxy) is 2. The standard InChI is InChI=1S/C11H15F3O4/c1-4-17-8(15)6-7(11(12,13)14)10(6,3)9(16)18-5-2/h6-7H,4-5H2,1-3H3/t6-,7+,10+/m0/s1. The van der Waals surface area contributed by atoms with Crippen LogP contribution in [0.25, 0.3) is 0 Å². The van der Waals surface area contributed by atoms with Gasteiger partial charge in [0.15, 0.2) is 0 Å². The molecule has 0 aliphatic heterocycles. The molecule has 0 N–H and O–H groups in total. The number of carbonyl (C=O) groups is 2. The summed E-state index contributed by atoms with van der Waals surface area (Å²) < 4.78 is 47.5. The predicted octanol–water partition coefficient (Wildman–Crippen LogP) is 1.93. The zero-order valence-electron chi connectivity index (χ0n) is 10.3. The maximum atomic E-state index is 12.8. The van der Waals surface area contributed by atoms with Crippen molar-refractivity contribution >= 4 is 11.9 Å². The topological polar surface area (TPSA) is 52.6 Å². The Morgan fingerprint density at radius 2 is 1.67 bits per heavy atom. The average molecular weight is 268 g/mol. The summed E-state index contributed by atoms with van der Waals surface area (Å²) in [7, 11) is 0. The SMILES string of the molecule is CCOC(=O)[C@@H]1[C@@H](C(F)(F)F)[C@]1(C)C(=O)OCC. The molecule has 1 saturated carbocycles. The van der Waals surface area contributed by atoms with Gasteiger partial charge in [0.25, 0.3) is 0 Å². The van der Waals surface area contributed by atoms with Gasteiger partial charge in [-0.3, -0.25) is 9.59 Å². The summed E-state index contributed by atoms with van der Waals surface area (Å²) in [5.41, 5.74) is -1.86. The molecule has 0 unspecified atom stereocenters. The second-order valence-corrected chi connectivity index (χ2v) is 4.25. The lowest BCUT2D eigenvalue weighted by atomic mass is 10.1. The van der Waals surface area contributed by atoms with Crippen LogP contribution in [0.15, 0.2) is 0 Å². The molecule has 1 aliphatic carbocycles. The summed E-state index contributed by atoms with van der Waals surface area (Å²) in [5.74, 6) is -5.54. The molecule has 0 saturated heterocycles. The van der Waals surface area contributed by atoms with Crippen LogP contribution in [0.5, 0.6) is 0 Å². The Balaban J connectivity index is 2.95. The van der Waals surface area contributed by atoms with E-state index < -0.39 is 35.4 Å². The Kier molecular flexibility index (Phi) is 3.92. The first-order valence-corrected chi connectivity index (χ1v) is 5.61. The molecule has 0 radical (unpaired) electrons. The van der Waals surface area contributed by atoms with E-state index in [0.29, 0.717) is 0 Å². The van der Waals surface area contributed by atoms with Gasteiger partial charge in [-0.05, 0) is 20.8 Å². The molecule has 7 heteroatoms. The van der Waals surface area contributed by atoms with Crippen LogP contribution in [0.4, 0.5) is 13.2 Å². The van der Waals surface area contributed by atoms with Gasteiger partial charge in [-0.15, -0.1) is 0 Å². The van der Waals surface area contributed by atoms with E-state index in [-0.39, 0.29) is 13.2 Å². The van der Waals surface area contributed by atoms with Gasteiger partial charge in [0.2, 0.25) is 0 Å². The average Bonchev–Trinajstić information content (AvgIpc) is 2.87. The lowest BCUT2D eigenvalue weighted by Crippen LogP contribution is -2.24. The van der Waals surface area contributed by atoms with Crippen LogP contribution in [-0.4, -0.2) is 31.3 Å². The third-order valence-electron chi connectivity index (χ3n) is 3.12. The van der Waals surface area contributed by atoms with Crippen molar-refractivity contribution in [3.8, 4) is 0 Å². The molecule has 18 heavy (non-hydrogen) atoms. The van der Waals surface area contributed by atoms with E-state index in [9.17, 15) is 22.8 Å². The zero-order valence-corrected chi connectivity index (χ0v) is 10.3. The summed E-state index contributed by atoms with van der Waals surface area (Å²) in [6.45, 7) is 4.01. The molecule has 0 bridgehead atoms. The first-order valence-electron chi connectivity index (χ1n) is 5.61. The van der Waals surface area contributed by atoms with Gasteiger partial charge < -0.3 is 9.47 Å². The van der Waals surface area contributed by atoms with Crippen LogP contribution in [0.1, 0.15) is 20.8 Å². The van der Waals surface area contributed by atoms with Crippen LogP contribution in [0.3, 0.4) is 0 Å². The Morgan fingerprint density at radius 1 is 1.17 bits per heavy atom. The quantitative estimate of drug-likeness (QED) is 0.731. The lowest BCUT2D eigenvalue weighted by molar-refractivity contribution is -0.171. The highest BCUT2D eigenvalue weighted by Crippen LogP contribution is 2.66. The highest BCUT2D eigenvalue weighted by Gasteiger charge is 2.80. The minimum atomic E-state index is -4.63. The van der Waals surface area contributed by atoms with Crippen molar-refractivity contribution in [2.75, 3.05) is 13.2 Å². The largest absolute Gasteiger partial charge is 0.466 e. The van der Waals surface area contributed by atoms with Crippen molar-refractivity contribution in [1.29, 1.82) is 0 Å². The number of rotatable bonds is 4. The van der Waals surface area contributed by atoms with E-state index in [1.807, 2.05) is 0 Å². The smallest absolute Gasteiger partial charge is 0.393 e. The molecule has 1 aliphatic rings.